The SMILES string of the molecule is CCC/C=C\C/C=C\CCCCCCCC(=O)OC(COC(=O)CCCCCCC/C=C\C/C=C\CCCCC)COP(=O)(O)OCC(O)COP(=O)(O)OCC(COC(=O)CCCCCCCCCCCCCCCCC)OC(=O)CCCCCCC/C=C\CCCC. The van der Waals surface area contributed by atoms with Gasteiger partial charge in [-0.15, -0.1) is 0 Å². The van der Waals surface area contributed by atoms with Crippen LogP contribution in [-0.4, -0.2) is 96.7 Å². The molecule has 19 heteroatoms. The fourth-order valence-electron chi connectivity index (χ4n) is 10.2. The van der Waals surface area contributed by atoms with E-state index in [0.29, 0.717) is 25.7 Å². The minimum absolute atomic E-state index is 0.0786. The van der Waals surface area contributed by atoms with Gasteiger partial charge in [0, 0.05) is 25.7 Å². The molecule has 94 heavy (non-hydrogen) atoms. The lowest BCUT2D eigenvalue weighted by Crippen LogP contribution is -2.30. The molecule has 0 saturated heterocycles. The van der Waals surface area contributed by atoms with E-state index < -0.39 is 97.5 Å². The molecular weight excluding hydrogens is 1230 g/mol. The Morgan fingerprint density at radius 1 is 0.298 bits per heavy atom. The Labute approximate surface area is 571 Å². The number of unbranched alkanes of at least 4 members (excludes halogenated alkanes) is 35. The molecule has 0 aromatic heterocycles. The number of aliphatic hydroxyl groups excluding tert-OH is 1. The van der Waals surface area contributed by atoms with E-state index in [2.05, 4.69) is 88.5 Å². The maximum atomic E-state index is 13.0. The van der Waals surface area contributed by atoms with Gasteiger partial charge >= 0.3 is 39.5 Å². The molecule has 0 aromatic carbocycles. The third-order valence-electron chi connectivity index (χ3n) is 15.9. The highest BCUT2D eigenvalue weighted by Gasteiger charge is 2.30. The summed E-state index contributed by atoms with van der Waals surface area (Å²) in [6.45, 7) is 4.74. The summed E-state index contributed by atoms with van der Waals surface area (Å²) in [5, 5.41) is 10.6. The number of allylic oxidation sites excluding steroid dienone is 10. The summed E-state index contributed by atoms with van der Waals surface area (Å²) in [4.78, 5) is 72.7. The van der Waals surface area contributed by atoms with E-state index in [-0.39, 0.29) is 25.7 Å². The molecule has 0 aliphatic carbocycles. The van der Waals surface area contributed by atoms with E-state index in [9.17, 15) is 43.2 Å². The van der Waals surface area contributed by atoms with Crippen molar-refractivity contribution in [1.29, 1.82) is 0 Å². The molecular formula is C75H136O17P2. The van der Waals surface area contributed by atoms with Gasteiger partial charge in [0.25, 0.3) is 0 Å². The number of phosphoric ester groups is 2. The van der Waals surface area contributed by atoms with Crippen molar-refractivity contribution in [2.45, 2.75) is 354 Å². The summed E-state index contributed by atoms with van der Waals surface area (Å²) in [5.41, 5.74) is 0. The molecule has 0 rings (SSSR count). The minimum Gasteiger partial charge on any atom is -0.462 e. The number of esters is 4. The molecule has 5 unspecified atom stereocenters. The normalized spacial score (nSPS) is 14.3. The Morgan fingerprint density at radius 2 is 0.553 bits per heavy atom. The maximum Gasteiger partial charge on any atom is 0.472 e. The lowest BCUT2D eigenvalue weighted by atomic mass is 10.0. The van der Waals surface area contributed by atoms with Gasteiger partial charge in [-0.1, -0.05) is 268 Å². The quantitative estimate of drug-likeness (QED) is 0.0169. The monoisotopic (exact) mass is 1370 g/mol. The fourth-order valence-corrected chi connectivity index (χ4v) is 11.7. The van der Waals surface area contributed by atoms with Crippen LogP contribution in [0.15, 0.2) is 60.8 Å². The van der Waals surface area contributed by atoms with E-state index in [4.69, 9.17) is 37.0 Å². The van der Waals surface area contributed by atoms with Gasteiger partial charge in [-0.3, -0.25) is 37.3 Å². The average molecular weight is 1370 g/mol. The number of aliphatic hydroxyl groups is 1. The number of carbonyl (C=O) groups excluding carboxylic acids is 4. The van der Waals surface area contributed by atoms with Crippen LogP contribution in [-0.2, 0) is 65.4 Å². The van der Waals surface area contributed by atoms with Crippen LogP contribution in [0.3, 0.4) is 0 Å². The van der Waals surface area contributed by atoms with Crippen molar-refractivity contribution in [2.24, 2.45) is 0 Å². The van der Waals surface area contributed by atoms with Gasteiger partial charge in [-0.25, -0.2) is 9.13 Å². The van der Waals surface area contributed by atoms with E-state index in [1.54, 1.807) is 0 Å². The number of carbonyl (C=O) groups is 4. The van der Waals surface area contributed by atoms with Crippen molar-refractivity contribution in [3.8, 4) is 0 Å². The fraction of sp³-hybridized carbons (Fsp3) is 0.813. The van der Waals surface area contributed by atoms with Crippen molar-refractivity contribution in [3.05, 3.63) is 60.8 Å². The molecule has 0 aromatic rings. The second-order valence-corrected chi connectivity index (χ2v) is 28.1. The molecule has 0 spiro atoms. The summed E-state index contributed by atoms with van der Waals surface area (Å²) in [6.07, 6.45) is 65.0. The first-order valence-corrected chi connectivity index (χ1v) is 40.5. The van der Waals surface area contributed by atoms with Crippen LogP contribution >= 0.6 is 15.6 Å². The zero-order valence-electron chi connectivity index (χ0n) is 59.6. The van der Waals surface area contributed by atoms with Gasteiger partial charge in [0.05, 0.1) is 26.4 Å². The number of rotatable bonds is 71. The number of hydrogen-bond donors (Lipinski definition) is 3. The molecule has 0 heterocycles. The Morgan fingerprint density at radius 3 is 0.894 bits per heavy atom. The maximum absolute atomic E-state index is 13.0. The molecule has 3 N–H and O–H groups in total. The van der Waals surface area contributed by atoms with Crippen LogP contribution < -0.4 is 0 Å². The summed E-state index contributed by atoms with van der Waals surface area (Å²) in [7, 11) is -9.94. The molecule has 0 aliphatic heterocycles. The van der Waals surface area contributed by atoms with Crippen molar-refractivity contribution in [3.63, 3.8) is 0 Å². The highest BCUT2D eigenvalue weighted by molar-refractivity contribution is 7.47. The lowest BCUT2D eigenvalue weighted by molar-refractivity contribution is -0.161. The van der Waals surface area contributed by atoms with E-state index in [0.717, 1.165) is 154 Å². The van der Waals surface area contributed by atoms with Crippen LogP contribution in [0.2, 0.25) is 0 Å². The van der Waals surface area contributed by atoms with Crippen molar-refractivity contribution in [1.82, 2.24) is 0 Å². The van der Waals surface area contributed by atoms with Crippen LogP contribution in [0.25, 0.3) is 0 Å². The van der Waals surface area contributed by atoms with E-state index in [1.165, 1.54) is 103 Å². The van der Waals surface area contributed by atoms with Crippen LogP contribution in [0.5, 0.6) is 0 Å². The standard InChI is InChI=1S/C75H136O17P2/c1-5-9-13-17-21-25-29-32-34-37-40-43-47-51-55-59-72(77)85-65-70(91-74(79)61-57-53-49-45-39-28-24-20-16-12-8-4)67-89-93(81,82)87-63-69(76)64-88-94(83,84)90-68-71(92-75(80)62-58-54-50-46-42-36-31-27-23-19-15-11-7-3)66-86-73(78)60-56-52-48-44-41-38-35-33-30-26-22-18-14-10-6-2/h15,19-20,22,24,26-27,31,33,35,69-71,76H,5-14,16-18,21,23,25,28-30,32,34,36-68H2,1-4H3,(H,81,82)(H,83,84)/b19-15-,24-20-,26-22-,31-27-,35-33-. The third kappa shape index (κ3) is 67.3. The molecule has 0 bridgehead atoms. The molecule has 0 saturated carbocycles. The molecule has 0 fully saturated rings. The molecule has 0 radical (unpaired) electrons. The summed E-state index contributed by atoms with van der Waals surface area (Å²) < 4.78 is 68.3. The molecule has 548 valence electrons. The second-order valence-electron chi connectivity index (χ2n) is 25.2. The Balaban J connectivity index is 5.30. The molecule has 0 amide bonds. The number of hydrogen-bond acceptors (Lipinski definition) is 15. The van der Waals surface area contributed by atoms with Crippen LogP contribution in [0.4, 0.5) is 0 Å². The summed E-state index contributed by atoms with van der Waals surface area (Å²) in [5.74, 6) is -2.19. The molecule has 17 nitrogen and oxygen atoms in total. The zero-order chi connectivity index (χ0) is 69.0. The zero-order valence-corrected chi connectivity index (χ0v) is 61.4. The smallest absolute Gasteiger partial charge is 0.462 e. The largest absolute Gasteiger partial charge is 0.472 e. The first-order valence-electron chi connectivity index (χ1n) is 37.5. The van der Waals surface area contributed by atoms with Gasteiger partial charge in [0.15, 0.2) is 12.2 Å². The predicted molar refractivity (Wildman–Crippen MR) is 381 cm³/mol. The van der Waals surface area contributed by atoms with Gasteiger partial charge in [-0.05, 0) is 103 Å². The average Bonchev–Trinajstić information content (AvgIpc) is 1.22. The second kappa shape index (κ2) is 68.3. The van der Waals surface area contributed by atoms with Crippen LogP contribution in [0, 0.1) is 0 Å². The van der Waals surface area contributed by atoms with Gasteiger partial charge in [0.1, 0.15) is 19.3 Å². The van der Waals surface area contributed by atoms with E-state index in [1.807, 2.05) is 0 Å². The van der Waals surface area contributed by atoms with Gasteiger partial charge < -0.3 is 33.8 Å². The first kappa shape index (κ1) is 90.8. The van der Waals surface area contributed by atoms with Crippen LogP contribution in [0.1, 0.15) is 336 Å². The highest BCUT2D eigenvalue weighted by atomic mass is 31.2. The van der Waals surface area contributed by atoms with Gasteiger partial charge in [0.2, 0.25) is 0 Å². The highest BCUT2D eigenvalue weighted by Crippen LogP contribution is 2.45. The van der Waals surface area contributed by atoms with E-state index >= 15 is 0 Å². The Hall–Kier alpha value is -3.24. The molecule has 5 atom stereocenters. The summed E-state index contributed by atoms with van der Waals surface area (Å²) >= 11 is 0. The summed E-state index contributed by atoms with van der Waals surface area (Å²) in [6, 6.07) is 0. The van der Waals surface area contributed by atoms with Crippen molar-refractivity contribution in [2.75, 3.05) is 39.6 Å². The first-order chi connectivity index (χ1) is 45.7. The molecule has 0 aliphatic rings. The van der Waals surface area contributed by atoms with Gasteiger partial charge in [-0.2, -0.15) is 0 Å². The Kier molecular flexibility index (Phi) is 65.9. The van der Waals surface area contributed by atoms with Crippen molar-refractivity contribution < 1.29 is 80.2 Å². The topological polar surface area (TPSA) is 237 Å². The minimum atomic E-state index is -4.97. The van der Waals surface area contributed by atoms with Crippen molar-refractivity contribution >= 4 is 39.5 Å². The third-order valence-corrected chi connectivity index (χ3v) is 17.8. The number of phosphoric acid groups is 2. The predicted octanol–water partition coefficient (Wildman–Crippen LogP) is 21.1. The lowest BCUT2D eigenvalue weighted by Gasteiger charge is -2.21. The number of ether oxygens (including phenoxy) is 4. The Bertz CT molecular complexity index is 2030.